The van der Waals surface area contributed by atoms with Crippen LogP contribution in [-0.2, 0) is 0 Å². The van der Waals surface area contributed by atoms with Crippen LogP contribution in [0.15, 0.2) is 35.7 Å². The molecule has 0 saturated carbocycles. The molecule has 0 bridgehead atoms. The summed E-state index contributed by atoms with van der Waals surface area (Å²) in [6, 6.07) is 5.27. The lowest BCUT2D eigenvalue weighted by atomic mass is 10.1. The van der Waals surface area contributed by atoms with Crippen molar-refractivity contribution < 1.29 is 4.79 Å². The van der Waals surface area contributed by atoms with Gasteiger partial charge in [0, 0.05) is 23.2 Å². The highest BCUT2D eigenvalue weighted by molar-refractivity contribution is 6.37. The van der Waals surface area contributed by atoms with E-state index in [1.165, 1.54) is 6.33 Å². The number of anilines is 2. The number of amides is 1. The van der Waals surface area contributed by atoms with Gasteiger partial charge in [-0.25, -0.2) is 15.0 Å². The average molecular weight is 273 g/mol. The fourth-order valence-electron chi connectivity index (χ4n) is 1.96. The summed E-state index contributed by atoms with van der Waals surface area (Å²) < 4.78 is 0. The second-order valence-electron chi connectivity index (χ2n) is 4.10. The summed E-state index contributed by atoms with van der Waals surface area (Å²) in [6.45, 7) is 1.79. The molecule has 6 heteroatoms. The Morgan fingerprint density at radius 3 is 2.89 bits per heavy atom. The highest BCUT2D eigenvalue weighted by Gasteiger charge is 2.24. The smallest absolute Gasteiger partial charge is 0.279 e. The Balaban J connectivity index is 2.02. The molecule has 5 nitrogen and oxygen atoms in total. The summed E-state index contributed by atoms with van der Waals surface area (Å²) in [7, 11) is 0. The van der Waals surface area contributed by atoms with Crippen molar-refractivity contribution in [2.75, 3.05) is 5.32 Å². The molecule has 1 N–H and O–H groups in total. The van der Waals surface area contributed by atoms with Crippen molar-refractivity contribution in [1.29, 1.82) is 0 Å². The first-order chi connectivity index (χ1) is 9.15. The molecule has 1 aliphatic rings. The zero-order valence-electron chi connectivity index (χ0n) is 10.0. The summed E-state index contributed by atoms with van der Waals surface area (Å²) in [5, 5.41) is 3.50. The molecule has 0 radical (unpaired) electrons. The van der Waals surface area contributed by atoms with Crippen LogP contribution in [-0.4, -0.2) is 21.6 Å². The number of nitrogens with one attached hydrogen (secondary N) is 1. The van der Waals surface area contributed by atoms with E-state index in [0.717, 1.165) is 11.3 Å². The van der Waals surface area contributed by atoms with Gasteiger partial charge in [-0.2, -0.15) is 0 Å². The third-order valence-electron chi connectivity index (χ3n) is 2.82. The lowest BCUT2D eigenvalue weighted by Gasteiger charge is -2.08. The number of aliphatic imine (C=N–C) groups is 1. The van der Waals surface area contributed by atoms with Crippen molar-refractivity contribution in [1.82, 2.24) is 9.97 Å². The van der Waals surface area contributed by atoms with E-state index in [1.54, 1.807) is 25.3 Å². The second-order valence-corrected chi connectivity index (χ2v) is 4.51. The maximum absolute atomic E-state index is 11.7. The Kier molecular flexibility index (Phi) is 2.76. The maximum atomic E-state index is 11.7. The van der Waals surface area contributed by atoms with E-state index in [2.05, 4.69) is 20.3 Å². The van der Waals surface area contributed by atoms with Crippen molar-refractivity contribution in [2.45, 2.75) is 6.92 Å². The molecule has 2 aromatic rings. The molecule has 19 heavy (non-hydrogen) atoms. The molecule has 0 saturated heterocycles. The number of rotatable bonds is 2. The van der Waals surface area contributed by atoms with Gasteiger partial charge in [-0.3, -0.25) is 4.79 Å². The first-order valence-electron chi connectivity index (χ1n) is 5.62. The first-order valence-corrected chi connectivity index (χ1v) is 5.99. The fraction of sp³-hybridized carbons (Fsp3) is 0.0769. The molecule has 3 rings (SSSR count). The van der Waals surface area contributed by atoms with Crippen molar-refractivity contribution in [3.8, 4) is 0 Å². The summed E-state index contributed by atoms with van der Waals surface area (Å²) in [4.78, 5) is 23.5. The second kappa shape index (κ2) is 4.44. The normalized spacial score (nSPS) is 13.2. The van der Waals surface area contributed by atoms with Crippen molar-refractivity contribution >= 4 is 34.7 Å². The number of hydrogen-bond acceptors (Lipinski definition) is 4. The van der Waals surface area contributed by atoms with Crippen LogP contribution >= 0.6 is 11.6 Å². The fourth-order valence-corrected chi connectivity index (χ4v) is 2.26. The molecule has 0 spiro atoms. The standard InChI is InChI=1S/C13H9ClN4O/c1-7-9-4-8(18-11-2-3-15-6-16-11)5-10(14)12(9)13(19)17-7/h2-6H,1H3,(H,15,16,18). The molecule has 1 aliphatic heterocycles. The van der Waals surface area contributed by atoms with E-state index in [0.29, 0.717) is 22.1 Å². The van der Waals surface area contributed by atoms with Gasteiger partial charge in [0.1, 0.15) is 12.1 Å². The zero-order valence-corrected chi connectivity index (χ0v) is 10.8. The topological polar surface area (TPSA) is 67.2 Å². The van der Waals surface area contributed by atoms with Crippen LogP contribution in [0.4, 0.5) is 11.5 Å². The summed E-state index contributed by atoms with van der Waals surface area (Å²) >= 11 is 6.13. The van der Waals surface area contributed by atoms with Gasteiger partial charge in [-0.15, -0.1) is 0 Å². The molecular formula is C13H9ClN4O. The Hall–Kier alpha value is -2.27. The summed E-state index contributed by atoms with van der Waals surface area (Å²) in [6.07, 6.45) is 3.09. The van der Waals surface area contributed by atoms with Crippen LogP contribution in [0.3, 0.4) is 0 Å². The van der Waals surface area contributed by atoms with Crippen LogP contribution in [0.2, 0.25) is 5.02 Å². The van der Waals surface area contributed by atoms with Crippen molar-refractivity contribution in [3.63, 3.8) is 0 Å². The number of benzene rings is 1. The van der Waals surface area contributed by atoms with Crippen LogP contribution in [0, 0.1) is 0 Å². The third kappa shape index (κ3) is 2.08. The molecule has 0 fully saturated rings. The highest BCUT2D eigenvalue weighted by atomic mass is 35.5. The van der Waals surface area contributed by atoms with E-state index < -0.39 is 0 Å². The van der Waals surface area contributed by atoms with Crippen LogP contribution in [0.25, 0.3) is 0 Å². The van der Waals surface area contributed by atoms with E-state index in [-0.39, 0.29) is 5.91 Å². The number of carbonyl (C=O) groups excluding carboxylic acids is 1. The molecule has 1 aromatic carbocycles. The highest BCUT2D eigenvalue weighted by Crippen LogP contribution is 2.31. The van der Waals surface area contributed by atoms with Crippen molar-refractivity contribution in [2.24, 2.45) is 4.99 Å². The lowest BCUT2D eigenvalue weighted by molar-refractivity contribution is 0.101. The molecular weight excluding hydrogens is 264 g/mol. The van der Waals surface area contributed by atoms with Gasteiger partial charge in [0.2, 0.25) is 0 Å². The van der Waals surface area contributed by atoms with E-state index in [4.69, 9.17) is 11.6 Å². The van der Waals surface area contributed by atoms with E-state index in [1.807, 2.05) is 6.07 Å². The van der Waals surface area contributed by atoms with Gasteiger partial charge < -0.3 is 5.32 Å². The van der Waals surface area contributed by atoms with E-state index in [9.17, 15) is 4.79 Å². The number of aromatic nitrogens is 2. The number of halogens is 1. The van der Waals surface area contributed by atoms with E-state index >= 15 is 0 Å². The predicted molar refractivity (Wildman–Crippen MR) is 73.3 cm³/mol. The molecule has 0 atom stereocenters. The Labute approximate surface area is 114 Å². The lowest BCUT2D eigenvalue weighted by Crippen LogP contribution is -2.00. The van der Waals surface area contributed by atoms with Crippen LogP contribution < -0.4 is 5.32 Å². The van der Waals surface area contributed by atoms with Gasteiger partial charge in [0.25, 0.3) is 5.91 Å². The monoisotopic (exact) mass is 272 g/mol. The molecule has 1 amide bonds. The SMILES string of the molecule is CC1=NC(=O)c2c(Cl)cc(Nc3ccncn3)cc21. The largest absolute Gasteiger partial charge is 0.340 e. The Morgan fingerprint density at radius 2 is 2.16 bits per heavy atom. The maximum Gasteiger partial charge on any atom is 0.279 e. The zero-order chi connectivity index (χ0) is 13.4. The third-order valence-corrected chi connectivity index (χ3v) is 3.12. The summed E-state index contributed by atoms with van der Waals surface area (Å²) in [5.41, 5.74) is 2.65. The van der Waals surface area contributed by atoms with Gasteiger partial charge in [-0.1, -0.05) is 11.6 Å². The number of nitrogens with zero attached hydrogens (tertiary/aromatic N) is 3. The molecule has 2 heterocycles. The van der Waals surface area contributed by atoms with Crippen molar-refractivity contribution in [3.05, 3.63) is 46.9 Å². The van der Waals surface area contributed by atoms with Gasteiger partial charge >= 0.3 is 0 Å². The van der Waals surface area contributed by atoms with Crippen LogP contribution in [0.1, 0.15) is 22.8 Å². The number of fused-ring (bicyclic) bond motifs is 1. The molecule has 0 unspecified atom stereocenters. The molecule has 94 valence electrons. The minimum absolute atomic E-state index is 0.286. The van der Waals surface area contributed by atoms with Gasteiger partial charge in [0.05, 0.1) is 10.6 Å². The summed E-state index contributed by atoms with van der Waals surface area (Å²) in [5.74, 6) is 0.371. The van der Waals surface area contributed by atoms with Gasteiger partial charge in [0.15, 0.2) is 0 Å². The Bertz CT molecular complexity index is 697. The quantitative estimate of drug-likeness (QED) is 0.913. The number of carbonyl (C=O) groups is 1. The minimum Gasteiger partial charge on any atom is -0.340 e. The first kappa shape index (κ1) is 11.8. The Morgan fingerprint density at radius 1 is 1.32 bits per heavy atom. The molecule has 0 aliphatic carbocycles. The number of hydrogen-bond donors (Lipinski definition) is 1. The van der Waals surface area contributed by atoms with Gasteiger partial charge in [-0.05, 0) is 25.1 Å². The average Bonchev–Trinajstić information content (AvgIpc) is 2.66. The van der Waals surface area contributed by atoms with Crippen LogP contribution in [0.5, 0.6) is 0 Å². The molecule has 1 aromatic heterocycles. The predicted octanol–water partition coefficient (Wildman–Crippen LogP) is 2.84. The minimum atomic E-state index is -0.286.